The van der Waals surface area contributed by atoms with Gasteiger partial charge in [0.2, 0.25) is 0 Å². The molecule has 4 nitrogen and oxygen atoms in total. The zero-order valence-corrected chi connectivity index (χ0v) is 16.9. The summed E-state index contributed by atoms with van der Waals surface area (Å²) in [5.74, 6) is 0. The molecule has 3 aromatic rings. The molecule has 1 heterocycles. The first kappa shape index (κ1) is 18.7. The molecule has 1 unspecified atom stereocenters. The summed E-state index contributed by atoms with van der Waals surface area (Å²) in [5, 5.41) is 5.15. The summed E-state index contributed by atoms with van der Waals surface area (Å²) in [4.78, 5) is 0.232. The highest BCUT2D eigenvalue weighted by molar-refractivity contribution is 7.89. The number of aryl methyl sites for hydroxylation is 1. The van der Waals surface area contributed by atoms with E-state index in [4.69, 9.17) is 11.6 Å². The number of hydrazone groups is 1. The van der Waals surface area contributed by atoms with E-state index in [2.05, 4.69) is 5.10 Å². The lowest BCUT2D eigenvalue weighted by Gasteiger charge is -2.23. The predicted octanol–water partition coefficient (Wildman–Crippen LogP) is 5.19. The van der Waals surface area contributed by atoms with Crippen molar-refractivity contribution in [2.75, 3.05) is 0 Å². The monoisotopic (exact) mass is 410 g/mol. The minimum atomic E-state index is -3.79. The number of hydrogen-bond acceptors (Lipinski definition) is 3. The molecule has 0 saturated carbocycles. The van der Waals surface area contributed by atoms with E-state index in [1.807, 2.05) is 49.4 Å². The quantitative estimate of drug-likeness (QED) is 0.594. The van der Waals surface area contributed by atoms with Crippen molar-refractivity contribution in [2.45, 2.75) is 24.3 Å². The summed E-state index contributed by atoms with van der Waals surface area (Å²) in [6.45, 7) is 1.93. The van der Waals surface area contributed by atoms with Gasteiger partial charge in [0, 0.05) is 11.4 Å². The van der Waals surface area contributed by atoms with Gasteiger partial charge >= 0.3 is 0 Å². The van der Waals surface area contributed by atoms with Gasteiger partial charge in [-0.25, -0.2) is 0 Å². The largest absolute Gasteiger partial charge is 0.279 e. The lowest BCUT2D eigenvalue weighted by molar-refractivity contribution is 0.371. The highest BCUT2D eigenvalue weighted by Crippen LogP contribution is 2.37. The summed E-state index contributed by atoms with van der Waals surface area (Å²) in [6.07, 6.45) is 0.497. The molecule has 0 radical (unpaired) electrons. The minimum absolute atomic E-state index is 0.232. The van der Waals surface area contributed by atoms with Crippen molar-refractivity contribution in [1.29, 1.82) is 0 Å². The van der Waals surface area contributed by atoms with Gasteiger partial charge in [0.15, 0.2) is 0 Å². The summed E-state index contributed by atoms with van der Waals surface area (Å²) in [7, 11) is -3.79. The van der Waals surface area contributed by atoms with E-state index in [9.17, 15) is 8.42 Å². The third kappa shape index (κ3) is 3.55. The van der Waals surface area contributed by atoms with Crippen molar-refractivity contribution in [3.8, 4) is 0 Å². The Labute approximate surface area is 170 Å². The Hall–Kier alpha value is -2.63. The second-order valence-corrected chi connectivity index (χ2v) is 9.01. The molecule has 142 valence electrons. The number of benzene rings is 3. The normalized spacial score (nSPS) is 16.9. The third-order valence-electron chi connectivity index (χ3n) is 4.80. The molecule has 1 aliphatic heterocycles. The SMILES string of the molecule is Cc1ccc(S(=O)(=O)N2N=C(c3ccccc3)CC2c2ccc(Cl)cc2)cc1. The molecule has 1 aliphatic rings. The van der Waals surface area contributed by atoms with E-state index < -0.39 is 16.1 Å². The van der Waals surface area contributed by atoms with Crippen LogP contribution in [0.2, 0.25) is 5.02 Å². The van der Waals surface area contributed by atoms with E-state index in [-0.39, 0.29) is 4.90 Å². The molecule has 0 N–H and O–H groups in total. The van der Waals surface area contributed by atoms with Gasteiger partial charge in [0.05, 0.1) is 16.6 Å². The number of nitrogens with zero attached hydrogens (tertiary/aromatic N) is 2. The second kappa shape index (κ2) is 7.41. The van der Waals surface area contributed by atoms with Gasteiger partial charge in [-0.1, -0.05) is 71.8 Å². The van der Waals surface area contributed by atoms with Crippen LogP contribution in [0.3, 0.4) is 0 Å². The van der Waals surface area contributed by atoms with Crippen LogP contribution in [0.5, 0.6) is 0 Å². The van der Waals surface area contributed by atoms with E-state index in [0.29, 0.717) is 11.4 Å². The highest BCUT2D eigenvalue weighted by atomic mass is 35.5. The number of rotatable bonds is 4. The molecule has 6 heteroatoms. The Morgan fingerprint density at radius 3 is 2.21 bits per heavy atom. The maximum atomic E-state index is 13.4. The van der Waals surface area contributed by atoms with Crippen molar-refractivity contribution in [3.63, 3.8) is 0 Å². The molecular formula is C22H19ClN2O2S. The van der Waals surface area contributed by atoms with Crippen molar-refractivity contribution in [3.05, 3.63) is 101 Å². The van der Waals surface area contributed by atoms with Gasteiger partial charge in [-0.05, 0) is 42.3 Å². The fourth-order valence-electron chi connectivity index (χ4n) is 3.27. The predicted molar refractivity (Wildman–Crippen MR) is 112 cm³/mol. The Kier molecular flexibility index (Phi) is 4.96. The van der Waals surface area contributed by atoms with Crippen LogP contribution in [-0.4, -0.2) is 18.5 Å². The molecule has 4 rings (SSSR count). The van der Waals surface area contributed by atoms with Crippen LogP contribution in [0.1, 0.15) is 29.2 Å². The number of sulfonamides is 1. The van der Waals surface area contributed by atoms with Crippen molar-refractivity contribution < 1.29 is 8.42 Å². The molecule has 0 aromatic heterocycles. The molecule has 0 spiro atoms. The molecule has 0 aliphatic carbocycles. The van der Waals surface area contributed by atoms with Gasteiger partial charge in [-0.3, -0.25) is 0 Å². The molecular weight excluding hydrogens is 392 g/mol. The maximum Gasteiger partial charge on any atom is 0.279 e. The van der Waals surface area contributed by atoms with Crippen LogP contribution in [0.25, 0.3) is 0 Å². The molecule has 0 amide bonds. The third-order valence-corrected chi connectivity index (χ3v) is 6.75. The van der Waals surface area contributed by atoms with Gasteiger partial charge in [0.1, 0.15) is 0 Å². The molecule has 28 heavy (non-hydrogen) atoms. The molecule has 1 atom stereocenters. The average molecular weight is 411 g/mol. The van der Waals surface area contributed by atoms with Gasteiger partial charge in [-0.15, -0.1) is 0 Å². The lowest BCUT2D eigenvalue weighted by Crippen LogP contribution is -2.27. The van der Waals surface area contributed by atoms with Crippen LogP contribution in [0, 0.1) is 6.92 Å². The van der Waals surface area contributed by atoms with E-state index in [1.165, 1.54) is 4.41 Å². The van der Waals surface area contributed by atoms with Crippen LogP contribution in [0.15, 0.2) is 88.9 Å². The topological polar surface area (TPSA) is 49.7 Å². The summed E-state index contributed by atoms with van der Waals surface area (Å²) < 4.78 is 28.0. The number of hydrogen-bond donors (Lipinski definition) is 0. The van der Waals surface area contributed by atoms with Crippen LogP contribution >= 0.6 is 11.6 Å². The van der Waals surface area contributed by atoms with Crippen molar-refractivity contribution in [1.82, 2.24) is 4.41 Å². The first-order valence-corrected chi connectivity index (χ1v) is 10.8. The van der Waals surface area contributed by atoms with Crippen LogP contribution < -0.4 is 0 Å². The van der Waals surface area contributed by atoms with Gasteiger partial charge < -0.3 is 0 Å². The Balaban J connectivity index is 1.79. The first-order chi connectivity index (χ1) is 13.4. The molecule has 0 saturated heterocycles. The van der Waals surface area contributed by atoms with E-state index in [1.54, 1.807) is 36.4 Å². The lowest BCUT2D eigenvalue weighted by atomic mass is 9.99. The smallest absolute Gasteiger partial charge is 0.200 e. The fraction of sp³-hybridized carbons (Fsp3) is 0.136. The Morgan fingerprint density at radius 2 is 1.57 bits per heavy atom. The minimum Gasteiger partial charge on any atom is -0.200 e. The van der Waals surface area contributed by atoms with Crippen molar-refractivity contribution >= 4 is 27.3 Å². The maximum absolute atomic E-state index is 13.4. The second-order valence-electron chi connectivity index (χ2n) is 6.77. The molecule has 0 fully saturated rings. The fourth-order valence-corrected chi connectivity index (χ4v) is 4.83. The van der Waals surface area contributed by atoms with E-state index in [0.717, 1.165) is 22.4 Å². The zero-order valence-electron chi connectivity index (χ0n) is 15.3. The standard InChI is InChI=1S/C22H19ClN2O2S/c1-16-7-13-20(14-8-16)28(26,27)25-22(18-9-11-19(23)12-10-18)15-21(24-25)17-5-3-2-4-6-17/h2-14,22H,15H2,1H3. The zero-order chi connectivity index (χ0) is 19.7. The summed E-state index contributed by atoms with van der Waals surface area (Å²) in [5.41, 5.74) is 3.53. The van der Waals surface area contributed by atoms with Crippen LogP contribution in [-0.2, 0) is 10.0 Å². The first-order valence-electron chi connectivity index (χ1n) is 8.94. The Bertz CT molecular complexity index is 1110. The van der Waals surface area contributed by atoms with Gasteiger partial charge in [-0.2, -0.15) is 17.9 Å². The summed E-state index contributed by atoms with van der Waals surface area (Å²) >= 11 is 6.02. The van der Waals surface area contributed by atoms with Gasteiger partial charge in [0.25, 0.3) is 10.0 Å². The van der Waals surface area contributed by atoms with Crippen molar-refractivity contribution in [2.24, 2.45) is 5.10 Å². The Morgan fingerprint density at radius 1 is 0.929 bits per heavy atom. The average Bonchev–Trinajstić information content (AvgIpc) is 3.16. The van der Waals surface area contributed by atoms with E-state index >= 15 is 0 Å². The molecule has 0 bridgehead atoms. The molecule has 3 aromatic carbocycles. The summed E-state index contributed by atoms with van der Waals surface area (Å²) in [6, 6.07) is 23.3. The van der Waals surface area contributed by atoms with Crippen LogP contribution in [0.4, 0.5) is 0 Å². The highest BCUT2D eigenvalue weighted by Gasteiger charge is 2.37. The number of halogens is 1.